The lowest BCUT2D eigenvalue weighted by atomic mass is 9.94. The van der Waals surface area contributed by atoms with Crippen LogP contribution in [0.3, 0.4) is 0 Å². The van der Waals surface area contributed by atoms with Crippen LogP contribution in [0.1, 0.15) is 37.7 Å². The average Bonchev–Trinajstić information content (AvgIpc) is 2.88. The molecule has 1 saturated heterocycles. The molecule has 1 aromatic carbocycles. The summed E-state index contributed by atoms with van der Waals surface area (Å²) in [6.45, 7) is -0.423. The molecule has 0 radical (unpaired) electrons. The van der Waals surface area contributed by atoms with E-state index in [1.165, 1.54) is 18.2 Å². The Balaban J connectivity index is 1.81. The normalized spacial score (nSPS) is 20.3. The highest BCUT2D eigenvalue weighted by Crippen LogP contribution is 2.38. The third-order valence-corrected chi connectivity index (χ3v) is 5.65. The van der Waals surface area contributed by atoms with Crippen LogP contribution in [0.4, 0.5) is 0 Å². The van der Waals surface area contributed by atoms with E-state index in [1.807, 2.05) is 6.07 Å². The number of carboxylic acid groups (broad SMARTS) is 1. The zero-order chi connectivity index (χ0) is 17.8. The molecule has 1 amide bonds. The summed E-state index contributed by atoms with van der Waals surface area (Å²) in [6.07, 6.45) is 7.21. The summed E-state index contributed by atoms with van der Waals surface area (Å²) in [6, 6.07) is 7.27. The molecule has 1 saturated carbocycles. The third-order valence-electron chi connectivity index (χ3n) is 4.32. The van der Waals surface area contributed by atoms with Crippen LogP contribution in [0, 0.1) is 0 Å². The molecule has 132 valence electrons. The van der Waals surface area contributed by atoms with Crippen molar-refractivity contribution in [2.75, 3.05) is 6.61 Å². The van der Waals surface area contributed by atoms with Crippen molar-refractivity contribution in [1.29, 1.82) is 0 Å². The summed E-state index contributed by atoms with van der Waals surface area (Å²) in [7, 11) is 0. The lowest BCUT2D eigenvalue weighted by Crippen LogP contribution is -2.39. The summed E-state index contributed by atoms with van der Waals surface area (Å²) in [5.41, 5.74) is 0.674. The zero-order valence-corrected chi connectivity index (χ0v) is 15.3. The Kier molecular flexibility index (Phi) is 5.75. The van der Waals surface area contributed by atoms with Crippen LogP contribution < -0.4 is 4.74 Å². The first-order chi connectivity index (χ1) is 12.1. The molecule has 0 aromatic heterocycles. The number of rotatable bonds is 5. The summed E-state index contributed by atoms with van der Waals surface area (Å²) in [4.78, 5) is 25.8. The number of amides is 1. The molecule has 2 fully saturated rings. The molecular formula is C18H19NO4S2. The highest BCUT2D eigenvalue weighted by Gasteiger charge is 2.37. The number of nitrogens with zero attached hydrogens (tertiary/aromatic N) is 1. The lowest BCUT2D eigenvalue weighted by molar-refractivity contribution is -0.139. The van der Waals surface area contributed by atoms with E-state index in [-0.39, 0.29) is 11.9 Å². The summed E-state index contributed by atoms with van der Waals surface area (Å²) < 4.78 is 5.91. The van der Waals surface area contributed by atoms with Crippen LogP contribution in [0.25, 0.3) is 6.08 Å². The number of ether oxygens (including phenoxy) is 1. The van der Waals surface area contributed by atoms with E-state index in [2.05, 4.69) is 0 Å². The SMILES string of the molecule is O=C(O)COc1ccccc1C=C1SC(=S)N(C2CCCCC2)C1=O. The molecule has 0 unspecified atom stereocenters. The molecule has 25 heavy (non-hydrogen) atoms. The van der Waals surface area contributed by atoms with Gasteiger partial charge < -0.3 is 9.84 Å². The largest absolute Gasteiger partial charge is 0.481 e. The van der Waals surface area contributed by atoms with E-state index in [1.54, 1.807) is 29.2 Å². The Bertz CT molecular complexity index is 726. The van der Waals surface area contributed by atoms with Gasteiger partial charge in [-0.1, -0.05) is 61.4 Å². The Morgan fingerprint density at radius 2 is 2.04 bits per heavy atom. The predicted molar refractivity (Wildman–Crippen MR) is 101 cm³/mol. The first kappa shape index (κ1) is 17.9. The number of hydrogen-bond acceptors (Lipinski definition) is 5. The molecule has 0 bridgehead atoms. The second kappa shape index (κ2) is 8.01. The van der Waals surface area contributed by atoms with Gasteiger partial charge in [0.05, 0.1) is 4.91 Å². The van der Waals surface area contributed by atoms with Gasteiger partial charge in [0.25, 0.3) is 5.91 Å². The molecule has 0 atom stereocenters. The van der Waals surface area contributed by atoms with Gasteiger partial charge in [0.1, 0.15) is 10.1 Å². The smallest absolute Gasteiger partial charge is 0.341 e. The minimum atomic E-state index is -1.04. The molecule has 1 aliphatic carbocycles. The van der Waals surface area contributed by atoms with Crippen LogP contribution in [-0.2, 0) is 9.59 Å². The van der Waals surface area contributed by atoms with Crippen LogP contribution in [-0.4, -0.2) is 38.9 Å². The third kappa shape index (κ3) is 4.22. The van der Waals surface area contributed by atoms with E-state index < -0.39 is 12.6 Å². The molecule has 1 aromatic rings. The molecule has 1 aliphatic heterocycles. The van der Waals surface area contributed by atoms with Crippen molar-refractivity contribution >= 4 is 46.3 Å². The van der Waals surface area contributed by atoms with Gasteiger partial charge >= 0.3 is 5.97 Å². The van der Waals surface area contributed by atoms with E-state index in [0.717, 1.165) is 25.7 Å². The summed E-state index contributed by atoms with van der Waals surface area (Å²) in [5.74, 6) is -0.666. The Morgan fingerprint density at radius 1 is 1.32 bits per heavy atom. The van der Waals surface area contributed by atoms with Crippen molar-refractivity contribution in [2.24, 2.45) is 0 Å². The second-order valence-corrected chi connectivity index (χ2v) is 7.74. The Labute approximate surface area is 156 Å². The van der Waals surface area contributed by atoms with Crippen LogP contribution in [0.2, 0.25) is 0 Å². The van der Waals surface area contributed by atoms with Crippen LogP contribution in [0.5, 0.6) is 5.75 Å². The van der Waals surface area contributed by atoms with Gasteiger partial charge in [-0.05, 0) is 25.0 Å². The van der Waals surface area contributed by atoms with Gasteiger partial charge in [0.15, 0.2) is 6.61 Å². The maximum Gasteiger partial charge on any atom is 0.341 e. The van der Waals surface area contributed by atoms with Crippen molar-refractivity contribution < 1.29 is 19.4 Å². The number of carboxylic acids is 1. The quantitative estimate of drug-likeness (QED) is 0.624. The number of aliphatic carboxylic acids is 1. The first-order valence-electron chi connectivity index (χ1n) is 8.27. The lowest BCUT2D eigenvalue weighted by Gasteiger charge is -2.29. The Morgan fingerprint density at radius 3 is 2.76 bits per heavy atom. The molecule has 3 rings (SSSR count). The molecular weight excluding hydrogens is 358 g/mol. The zero-order valence-electron chi connectivity index (χ0n) is 13.6. The van der Waals surface area contributed by atoms with E-state index in [0.29, 0.717) is 20.5 Å². The monoisotopic (exact) mass is 377 g/mol. The van der Waals surface area contributed by atoms with Gasteiger partial charge in [0.2, 0.25) is 0 Å². The van der Waals surface area contributed by atoms with Crippen LogP contribution >= 0.6 is 24.0 Å². The fourth-order valence-electron chi connectivity index (χ4n) is 3.15. The van der Waals surface area contributed by atoms with Crippen LogP contribution in [0.15, 0.2) is 29.2 Å². The predicted octanol–water partition coefficient (Wildman–Crippen LogP) is 3.68. The molecule has 7 heteroatoms. The maximum absolute atomic E-state index is 12.8. The minimum absolute atomic E-state index is 0.0602. The summed E-state index contributed by atoms with van der Waals surface area (Å²) >= 11 is 6.73. The molecule has 0 spiro atoms. The Hall–Kier alpha value is -1.86. The van der Waals surface area contributed by atoms with Crippen molar-refractivity contribution in [1.82, 2.24) is 4.90 Å². The van der Waals surface area contributed by atoms with Gasteiger partial charge in [0, 0.05) is 11.6 Å². The number of para-hydroxylation sites is 1. The number of thioether (sulfide) groups is 1. The van der Waals surface area contributed by atoms with Gasteiger partial charge in [-0.15, -0.1) is 0 Å². The van der Waals surface area contributed by atoms with E-state index in [4.69, 9.17) is 22.1 Å². The number of carbonyl (C=O) groups excluding carboxylic acids is 1. The minimum Gasteiger partial charge on any atom is -0.481 e. The maximum atomic E-state index is 12.8. The molecule has 1 heterocycles. The van der Waals surface area contributed by atoms with E-state index >= 15 is 0 Å². The molecule has 2 aliphatic rings. The number of hydrogen-bond donors (Lipinski definition) is 1. The van der Waals surface area contributed by atoms with Crippen molar-refractivity contribution in [2.45, 2.75) is 38.1 Å². The van der Waals surface area contributed by atoms with E-state index in [9.17, 15) is 9.59 Å². The highest BCUT2D eigenvalue weighted by molar-refractivity contribution is 8.26. The highest BCUT2D eigenvalue weighted by atomic mass is 32.2. The van der Waals surface area contributed by atoms with Crippen molar-refractivity contribution in [3.05, 3.63) is 34.7 Å². The standard InChI is InChI=1S/C18H19NO4S2/c20-16(21)11-23-14-9-5-4-6-12(14)10-15-17(22)19(18(24)25-15)13-7-2-1-3-8-13/h4-6,9-10,13H,1-3,7-8,11H2,(H,20,21). The number of benzene rings is 1. The molecule has 5 nitrogen and oxygen atoms in total. The first-order valence-corrected chi connectivity index (χ1v) is 9.49. The number of thiocarbonyl (C=S) groups is 1. The molecule has 1 N–H and O–H groups in total. The van der Waals surface area contributed by atoms with Gasteiger partial charge in [-0.2, -0.15) is 0 Å². The fraction of sp³-hybridized carbons (Fsp3) is 0.389. The average molecular weight is 377 g/mol. The topological polar surface area (TPSA) is 66.8 Å². The van der Waals surface area contributed by atoms with Crippen molar-refractivity contribution in [3.63, 3.8) is 0 Å². The summed E-state index contributed by atoms with van der Waals surface area (Å²) in [5, 5.41) is 8.78. The van der Waals surface area contributed by atoms with Gasteiger partial charge in [-0.3, -0.25) is 9.69 Å². The van der Waals surface area contributed by atoms with Crippen molar-refractivity contribution in [3.8, 4) is 5.75 Å². The van der Waals surface area contributed by atoms with Gasteiger partial charge in [-0.25, -0.2) is 4.79 Å². The second-order valence-electron chi connectivity index (χ2n) is 6.06. The fourth-order valence-corrected chi connectivity index (χ4v) is 4.54. The number of carbonyl (C=O) groups is 2.